The molecular weight excluding hydrogens is 344 g/mol. The van der Waals surface area contributed by atoms with E-state index >= 15 is 0 Å². The summed E-state index contributed by atoms with van der Waals surface area (Å²) in [6.45, 7) is 3.27. The fourth-order valence-corrected chi connectivity index (χ4v) is 3.78. The lowest BCUT2D eigenvalue weighted by Gasteiger charge is -2.32. The quantitative estimate of drug-likeness (QED) is 0.894. The molecule has 0 aliphatic carbocycles. The Kier molecular flexibility index (Phi) is 5.15. The Bertz CT molecular complexity index is 518. The number of halogens is 1. The Labute approximate surface area is 130 Å². The summed E-state index contributed by atoms with van der Waals surface area (Å²) in [4.78, 5) is 25.4. The van der Waals surface area contributed by atoms with Crippen molar-refractivity contribution in [1.82, 2.24) is 9.47 Å². The predicted octanol–water partition coefficient (Wildman–Crippen LogP) is 2.30. The predicted molar refractivity (Wildman–Crippen MR) is 82.2 cm³/mol. The number of aliphatic carboxylic acids is 1. The van der Waals surface area contributed by atoms with Gasteiger partial charge in [-0.05, 0) is 28.4 Å². The molecule has 2 rings (SSSR count). The molecule has 7 heteroatoms. The van der Waals surface area contributed by atoms with E-state index in [2.05, 4.69) is 15.9 Å². The molecule has 1 aromatic heterocycles. The minimum Gasteiger partial charge on any atom is -0.480 e. The first-order valence-corrected chi connectivity index (χ1v) is 8.46. The third-order valence-electron chi connectivity index (χ3n) is 3.22. The van der Waals surface area contributed by atoms with E-state index < -0.39 is 12.0 Å². The number of nitrogens with zero attached hydrogens (tertiary/aromatic N) is 2. The van der Waals surface area contributed by atoms with Crippen molar-refractivity contribution in [2.75, 3.05) is 18.1 Å². The first-order chi connectivity index (χ1) is 9.54. The Morgan fingerprint density at radius 2 is 2.30 bits per heavy atom. The van der Waals surface area contributed by atoms with Gasteiger partial charge >= 0.3 is 5.97 Å². The van der Waals surface area contributed by atoms with E-state index in [4.69, 9.17) is 0 Å². The molecule has 1 saturated heterocycles. The minimum absolute atomic E-state index is 0.197. The molecule has 1 aliphatic rings. The van der Waals surface area contributed by atoms with Gasteiger partial charge in [0.25, 0.3) is 5.91 Å². The van der Waals surface area contributed by atoms with Crippen LogP contribution in [-0.2, 0) is 11.3 Å². The average molecular weight is 361 g/mol. The molecule has 110 valence electrons. The number of rotatable bonds is 4. The first-order valence-electron chi connectivity index (χ1n) is 6.51. The topological polar surface area (TPSA) is 62.5 Å². The normalized spacial score (nSPS) is 19.1. The third-order valence-corrected chi connectivity index (χ3v) is 4.68. The third kappa shape index (κ3) is 3.20. The highest BCUT2D eigenvalue weighted by Gasteiger charge is 2.34. The largest absolute Gasteiger partial charge is 0.480 e. The number of hydrogen-bond acceptors (Lipinski definition) is 3. The summed E-state index contributed by atoms with van der Waals surface area (Å²) in [7, 11) is 0. The molecule has 1 aromatic rings. The van der Waals surface area contributed by atoms with Gasteiger partial charge in [-0.3, -0.25) is 4.79 Å². The molecule has 1 atom stereocenters. The van der Waals surface area contributed by atoms with Crippen molar-refractivity contribution in [3.05, 3.63) is 22.4 Å². The van der Waals surface area contributed by atoms with Crippen molar-refractivity contribution >= 4 is 39.6 Å². The summed E-state index contributed by atoms with van der Waals surface area (Å²) in [6, 6.07) is 1.03. The molecule has 0 aromatic carbocycles. The number of carboxylic acid groups (broad SMARTS) is 1. The zero-order chi connectivity index (χ0) is 14.7. The van der Waals surface area contributed by atoms with E-state index in [1.54, 1.807) is 17.8 Å². The van der Waals surface area contributed by atoms with Crippen LogP contribution in [0.1, 0.15) is 23.8 Å². The van der Waals surface area contributed by atoms with Gasteiger partial charge in [-0.1, -0.05) is 6.92 Å². The van der Waals surface area contributed by atoms with Crippen molar-refractivity contribution in [2.24, 2.45) is 0 Å². The molecule has 0 radical (unpaired) electrons. The Morgan fingerprint density at radius 1 is 1.55 bits per heavy atom. The van der Waals surface area contributed by atoms with E-state index in [0.29, 0.717) is 18.0 Å². The molecule has 5 nitrogen and oxygen atoms in total. The molecule has 1 unspecified atom stereocenters. The smallest absolute Gasteiger partial charge is 0.327 e. The average Bonchev–Trinajstić information content (AvgIpc) is 2.79. The Morgan fingerprint density at radius 3 is 2.95 bits per heavy atom. The van der Waals surface area contributed by atoms with Gasteiger partial charge in [0.05, 0.1) is 0 Å². The molecule has 0 saturated carbocycles. The molecule has 1 fully saturated rings. The number of carbonyl (C=O) groups is 2. The van der Waals surface area contributed by atoms with E-state index in [1.165, 1.54) is 4.90 Å². The van der Waals surface area contributed by atoms with E-state index in [9.17, 15) is 14.7 Å². The lowest BCUT2D eigenvalue weighted by molar-refractivity contribution is -0.141. The first kappa shape index (κ1) is 15.4. The number of carbonyl (C=O) groups excluding carboxylic acids is 1. The monoisotopic (exact) mass is 360 g/mol. The SMILES string of the molecule is CCCn1cc(Br)cc1C(=O)N1CCSCC1C(=O)O. The molecule has 0 spiro atoms. The van der Waals surface area contributed by atoms with Crippen LogP contribution < -0.4 is 0 Å². The minimum atomic E-state index is -0.932. The summed E-state index contributed by atoms with van der Waals surface area (Å²) < 4.78 is 2.72. The fraction of sp³-hybridized carbons (Fsp3) is 0.538. The van der Waals surface area contributed by atoms with Gasteiger partial charge in [-0.25, -0.2) is 4.79 Å². The maximum absolute atomic E-state index is 12.6. The molecule has 0 bridgehead atoms. The van der Waals surface area contributed by atoms with Crippen LogP contribution in [0.15, 0.2) is 16.7 Å². The summed E-state index contributed by atoms with van der Waals surface area (Å²) in [5.41, 5.74) is 0.553. The van der Waals surface area contributed by atoms with Gasteiger partial charge in [-0.2, -0.15) is 11.8 Å². The second-order valence-electron chi connectivity index (χ2n) is 4.66. The molecule has 1 amide bonds. The van der Waals surface area contributed by atoms with Crippen molar-refractivity contribution < 1.29 is 14.7 Å². The summed E-state index contributed by atoms with van der Waals surface area (Å²) in [5, 5.41) is 9.26. The number of aromatic nitrogens is 1. The number of thioether (sulfide) groups is 1. The molecule has 20 heavy (non-hydrogen) atoms. The van der Waals surface area contributed by atoms with Crippen molar-refractivity contribution in [3.63, 3.8) is 0 Å². The van der Waals surface area contributed by atoms with Gasteiger partial charge in [0, 0.05) is 35.3 Å². The van der Waals surface area contributed by atoms with Gasteiger partial charge in [0.2, 0.25) is 0 Å². The van der Waals surface area contributed by atoms with E-state index in [1.807, 2.05) is 17.7 Å². The standard InChI is InChI=1S/C13H17BrN2O3S/c1-2-3-15-7-9(14)6-10(15)12(17)16-4-5-20-8-11(16)13(18)19/h6-7,11H,2-5,8H2,1H3,(H,18,19). The van der Waals surface area contributed by atoms with Gasteiger partial charge < -0.3 is 14.6 Å². The van der Waals surface area contributed by atoms with Crippen molar-refractivity contribution in [1.29, 1.82) is 0 Å². The van der Waals surface area contributed by atoms with Crippen molar-refractivity contribution in [2.45, 2.75) is 25.9 Å². The zero-order valence-electron chi connectivity index (χ0n) is 11.2. The second-order valence-corrected chi connectivity index (χ2v) is 6.73. The van der Waals surface area contributed by atoms with Crippen molar-refractivity contribution in [3.8, 4) is 0 Å². The van der Waals surface area contributed by atoms with Gasteiger partial charge in [0.15, 0.2) is 0 Å². The van der Waals surface area contributed by atoms with Crippen LogP contribution in [0.5, 0.6) is 0 Å². The second kappa shape index (κ2) is 6.67. The number of hydrogen-bond donors (Lipinski definition) is 1. The Balaban J connectivity index is 2.27. The van der Waals surface area contributed by atoms with E-state index in [0.717, 1.165) is 23.2 Å². The number of aryl methyl sites for hydroxylation is 1. The lowest BCUT2D eigenvalue weighted by atomic mass is 10.2. The lowest BCUT2D eigenvalue weighted by Crippen LogP contribution is -2.50. The zero-order valence-corrected chi connectivity index (χ0v) is 13.6. The van der Waals surface area contributed by atoms with Crippen LogP contribution in [0, 0.1) is 0 Å². The summed E-state index contributed by atoms with van der Waals surface area (Å²) in [6.07, 6.45) is 2.78. The summed E-state index contributed by atoms with van der Waals surface area (Å²) in [5.74, 6) is 0.108. The number of amides is 1. The number of carboxylic acids is 1. The Hall–Kier alpha value is -0.950. The highest BCUT2D eigenvalue weighted by Crippen LogP contribution is 2.22. The van der Waals surface area contributed by atoms with Crippen LogP contribution in [0.2, 0.25) is 0 Å². The van der Waals surface area contributed by atoms with Crippen LogP contribution in [-0.4, -0.2) is 50.5 Å². The van der Waals surface area contributed by atoms with Crippen LogP contribution >= 0.6 is 27.7 Å². The molecular formula is C13H17BrN2O3S. The molecule has 1 aliphatic heterocycles. The summed E-state index contributed by atoms with van der Waals surface area (Å²) >= 11 is 4.95. The maximum Gasteiger partial charge on any atom is 0.327 e. The molecule has 2 heterocycles. The molecule has 1 N–H and O–H groups in total. The van der Waals surface area contributed by atoms with Gasteiger partial charge in [-0.15, -0.1) is 0 Å². The highest BCUT2D eigenvalue weighted by atomic mass is 79.9. The maximum atomic E-state index is 12.6. The highest BCUT2D eigenvalue weighted by molar-refractivity contribution is 9.10. The van der Waals surface area contributed by atoms with Crippen LogP contribution in [0.25, 0.3) is 0 Å². The van der Waals surface area contributed by atoms with Crippen LogP contribution in [0.4, 0.5) is 0 Å². The van der Waals surface area contributed by atoms with E-state index in [-0.39, 0.29) is 5.91 Å². The van der Waals surface area contributed by atoms with Gasteiger partial charge in [0.1, 0.15) is 11.7 Å². The van der Waals surface area contributed by atoms with Crippen LogP contribution in [0.3, 0.4) is 0 Å². The fourth-order valence-electron chi connectivity index (χ4n) is 2.28.